The highest BCUT2D eigenvalue weighted by molar-refractivity contribution is 9.10. The van der Waals surface area contributed by atoms with Gasteiger partial charge in [0.2, 0.25) is 0 Å². The van der Waals surface area contributed by atoms with Crippen LogP contribution in [0.5, 0.6) is 0 Å². The third-order valence-corrected chi connectivity index (χ3v) is 4.53. The summed E-state index contributed by atoms with van der Waals surface area (Å²) >= 11 is 3.38. The van der Waals surface area contributed by atoms with Gasteiger partial charge in [0.1, 0.15) is 12.5 Å². The highest BCUT2D eigenvalue weighted by Gasteiger charge is 2.13. The maximum atomic E-state index is 13.6. The van der Waals surface area contributed by atoms with Gasteiger partial charge in [0.25, 0.3) is 5.91 Å². The highest BCUT2D eigenvalue weighted by atomic mass is 79.9. The van der Waals surface area contributed by atoms with Crippen molar-refractivity contribution in [3.63, 3.8) is 0 Å². The lowest BCUT2D eigenvalue weighted by Crippen LogP contribution is -2.24. The topological polar surface area (TPSA) is 59.3 Å². The van der Waals surface area contributed by atoms with E-state index < -0.39 is 6.17 Å². The minimum atomic E-state index is -1.04. The van der Waals surface area contributed by atoms with Gasteiger partial charge in [-0.1, -0.05) is 18.2 Å². The number of amides is 1. The smallest absolute Gasteiger partial charge is 0.253 e. The van der Waals surface area contributed by atoms with E-state index in [0.29, 0.717) is 27.8 Å². The summed E-state index contributed by atoms with van der Waals surface area (Å²) in [5.74, 6) is -0.230. The minimum absolute atomic E-state index is 0.230. The fraction of sp³-hybridized carbons (Fsp3) is 0.235. The standard InChI is InChI=1S/C17H16BrFN4O/c1-10-12(4-3-5-14(10)11(2)19)7-20-17(24)13-6-15(18)16-21-9-22-23(16)8-13/h3-6,8-9,11H,7H2,1-2H3,(H,20,24). The van der Waals surface area contributed by atoms with Crippen molar-refractivity contribution in [1.82, 2.24) is 19.9 Å². The number of carbonyl (C=O) groups is 1. The molecular formula is C17H16BrFN4O. The molecule has 0 aliphatic carbocycles. The second-order valence-corrected chi connectivity index (χ2v) is 6.39. The van der Waals surface area contributed by atoms with Crippen LogP contribution in [0.2, 0.25) is 0 Å². The van der Waals surface area contributed by atoms with Crippen molar-refractivity contribution in [3.8, 4) is 0 Å². The fourth-order valence-electron chi connectivity index (χ4n) is 2.61. The summed E-state index contributed by atoms with van der Waals surface area (Å²) < 4.78 is 15.8. The molecule has 7 heteroatoms. The number of alkyl halides is 1. The van der Waals surface area contributed by atoms with E-state index >= 15 is 0 Å². The Hall–Kier alpha value is -2.28. The largest absolute Gasteiger partial charge is 0.348 e. The number of hydrogen-bond acceptors (Lipinski definition) is 3. The Morgan fingerprint density at radius 3 is 3.00 bits per heavy atom. The van der Waals surface area contributed by atoms with E-state index in [1.54, 1.807) is 24.4 Å². The van der Waals surface area contributed by atoms with E-state index in [0.717, 1.165) is 11.1 Å². The highest BCUT2D eigenvalue weighted by Crippen LogP contribution is 2.23. The molecule has 0 saturated carbocycles. The predicted molar refractivity (Wildman–Crippen MR) is 92.6 cm³/mol. The molecule has 0 aliphatic rings. The number of aromatic nitrogens is 3. The van der Waals surface area contributed by atoms with Crippen molar-refractivity contribution < 1.29 is 9.18 Å². The summed E-state index contributed by atoms with van der Waals surface area (Å²) in [6.07, 6.45) is 2.01. The van der Waals surface area contributed by atoms with Crippen LogP contribution < -0.4 is 5.32 Å². The first kappa shape index (κ1) is 16.6. The lowest BCUT2D eigenvalue weighted by molar-refractivity contribution is 0.0950. The van der Waals surface area contributed by atoms with Crippen molar-refractivity contribution in [3.05, 3.63) is 63.5 Å². The zero-order valence-corrected chi connectivity index (χ0v) is 14.8. The minimum Gasteiger partial charge on any atom is -0.348 e. The molecule has 0 spiro atoms. The Morgan fingerprint density at radius 2 is 2.25 bits per heavy atom. The molecule has 1 amide bonds. The number of fused-ring (bicyclic) bond motifs is 1. The molecule has 0 radical (unpaired) electrons. The van der Waals surface area contributed by atoms with Crippen LogP contribution in [0.3, 0.4) is 0 Å². The molecule has 1 aromatic carbocycles. The van der Waals surface area contributed by atoms with Crippen molar-refractivity contribution in [2.75, 3.05) is 0 Å². The molecule has 124 valence electrons. The van der Waals surface area contributed by atoms with Gasteiger partial charge in [-0.05, 0) is 52.5 Å². The Morgan fingerprint density at radius 1 is 1.46 bits per heavy atom. The SMILES string of the molecule is Cc1c(CNC(=O)c2cc(Br)c3ncnn3c2)cccc1C(C)F. The molecule has 5 nitrogen and oxygen atoms in total. The molecule has 2 heterocycles. The molecule has 24 heavy (non-hydrogen) atoms. The third-order valence-electron chi connectivity index (χ3n) is 3.95. The molecule has 1 atom stereocenters. The van der Waals surface area contributed by atoms with E-state index in [-0.39, 0.29) is 5.91 Å². The first-order chi connectivity index (χ1) is 11.5. The molecule has 0 fully saturated rings. The summed E-state index contributed by atoms with van der Waals surface area (Å²) in [4.78, 5) is 16.5. The van der Waals surface area contributed by atoms with Gasteiger partial charge in [0, 0.05) is 12.7 Å². The number of halogens is 2. The fourth-order valence-corrected chi connectivity index (χ4v) is 3.14. The Labute approximate surface area is 147 Å². The van der Waals surface area contributed by atoms with Gasteiger partial charge in [-0.3, -0.25) is 4.79 Å². The number of carbonyl (C=O) groups excluding carboxylic acids is 1. The van der Waals surface area contributed by atoms with E-state index in [1.165, 1.54) is 17.8 Å². The quantitative estimate of drug-likeness (QED) is 0.737. The Balaban J connectivity index is 1.79. The van der Waals surface area contributed by atoms with E-state index in [1.807, 2.05) is 13.0 Å². The first-order valence-corrected chi connectivity index (χ1v) is 8.26. The van der Waals surface area contributed by atoms with Gasteiger partial charge in [-0.15, -0.1) is 0 Å². The zero-order chi connectivity index (χ0) is 17.3. The molecule has 1 N–H and O–H groups in total. The van der Waals surface area contributed by atoms with Crippen LogP contribution in [0.1, 0.15) is 40.1 Å². The first-order valence-electron chi connectivity index (χ1n) is 7.47. The molecule has 1 unspecified atom stereocenters. The molecule has 0 saturated heterocycles. The summed E-state index contributed by atoms with van der Waals surface area (Å²) in [6.45, 7) is 3.71. The van der Waals surface area contributed by atoms with Crippen molar-refractivity contribution in [2.45, 2.75) is 26.6 Å². The maximum Gasteiger partial charge on any atom is 0.253 e. The Kier molecular flexibility index (Phi) is 4.62. The van der Waals surface area contributed by atoms with Crippen LogP contribution in [0.15, 0.2) is 41.3 Å². The molecule has 0 aliphatic heterocycles. The van der Waals surface area contributed by atoms with Gasteiger partial charge in [-0.2, -0.15) is 5.10 Å². The summed E-state index contributed by atoms with van der Waals surface area (Å²) in [6, 6.07) is 7.16. The van der Waals surface area contributed by atoms with E-state index in [2.05, 4.69) is 31.3 Å². The van der Waals surface area contributed by atoms with Crippen LogP contribution >= 0.6 is 15.9 Å². The van der Waals surface area contributed by atoms with Crippen molar-refractivity contribution in [1.29, 1.82) is 0 Å². The average molecular weight is 391 g/mol. The normalized spacial score (nSPS) is 12.3. The number of benzene rings is 1. The van der Waals surface area contributed by atoms with Crippen LogP contribution in [0.25, 0.3) is 5.65 Å². The van der Waals surface area contributed by atoms with Crippen molar-refractivity contribution in [2.24, 2.45) is 0 Å². The number of rotatable bonds is 4. The molecule has 0 bridgehead atoms. The number of nitrogens with zero attached hydrogens (tertiary/aromatic N) is 3. The molecule has 3 rings (SSSR count). The van der Waals surface area contributed by atoms with E-state index in [9.17, 15) is 9.18 Å². The van der Waals surface area contributed by atoms with Crippen LogP contribution in [-0.4, -0.2) is 20.5 Å². The lowest BCUT2D eigenvalue weighted by atomic mass is 9.99. The number of nitrogens with one attached hydrogen (secondary N) is 1. The number of pyridine rings is 1. The molecule has 3 aromatic rings. The molecule has 2 aromatic heterocycles. The Bertz CT molecular complexity index is 907. The van der Waals surface area contributed by atoms with E-state index in [4.69, 9.17) is 0 Å². The summed E-state index contributed by atoms with van der Waals surface area (Å²) in [5, 5.41) is 6.90. The predicted octanol–water partition coefficient (Wildman–Crippen LogP) is 3.76. The third kappa shape index (κ3) is 3.17. The second-order valence-electron chi connectivity index (χ2n) is 5.53. The van der Waals surface area contributed by atoms with Gasteiger partial charge >= 0.3 is 0 Å². The van der Waals surface area contributed by atoms with Gasteiger partial charge in [0.05, 0.1) is 10.0 Å². The van der Waals surface area contributed by atoms with Crippen molar-refractivity contribution >= 4 is 27.5 Å². The second kappa shape index (κ2) is 6.68. The van der Waals surface area contributed by atoms with Gasteiger partial charge in [-0.25, -0.2) is 13.9 Å². The summed E-state index contributed by atoms with van der Waals surface area (Å²) in [7, 11) is 0. The lowest BCUT2D eigenvalue weighted by Gasteiger charge is -2.13. The zero-order valence-electron chi connectivity index (χ0n) is 13.3. The average Bonchev–Trinajstić information content (AvgIpc) is 3.02. The van der Waals surface area contributed by atoms with Crippen LogP contribution in [0, 0.1) is 6.92 Å². The van der Waals surface area contributed by atoms with Crippen LogP contribution in [-0.2, 0) is 6.54 Å². The van der Waals surface area contributed by atoms with Crippen LogP contribution in [0.4, 0.5) is 4.39 Å². The maximum absolute atomic E-state index is 13.6. The van der Waals surface area contributed by atoms with Gasteiger partial charge in [0.15, 0.2) is 5.65 Å². The summed E-state index contributed by atoms with van der Waals surface area (Å²) in [5.41, 5.74) is 3.51. The van der Waals surface area contributed by atoms with Gasteiger partial charge < -0.3 is 5.32 Å². The monoisotopic (exact) mass is 390 g/mol. The number of hydrogen-bond donors (Lipinski definition) is 1. The molecular weight excluding hydrogens is 375 g/mol.